The molecule has 0 spiro atoms. The number of guanidine groups is 1. The fraction of sp³-hybridized carbons (Fsp3) is 0.579. The molecule has 2 heterocycles. The third-order valence-electron chi connectivity index (χ3n) is 5.29. The van der Waals surface area contributed by atoms with Gasteiger partial charge in [0.05, 0.1) is 0 Å². The molecule has 1 amide bonds. The smallest absolute Gasteiger partial charge is 0.244 e. The van der Waals surface area contributed by atoms with Crippen molar-refractivity contribution in [3.05, 3.63) is 35.4 Å². The van der Waals surface area contributed by atoms with Crippen LogP contribution in [-0.4, -0.2) is 60.4 Å². The summed E-state index contributed by atoms with van der Waals surface area (Å²) in [4.78, 5) is 21.0. The lowest BCUT2D eigenvalue weighted by molar-refractivity contribution is -0.130. The van der Waals surface area contributed by atoms with Gasteiger partial charge in [-0.1, -0.05) is 31.2 Å². The van der Waals surface area contributed by atoms with E-state index in [0.717, 1.165) is 32.6 Å². The average molecular weight is 471 g/mol. The molecule has 1 unspecified atom stereocenters. The third kappa shape index (κ3) is 5.33. The fourth-order valence-corrected chi connectivity index (χ4v) is 3.78. The van der Waals surface area contributed by atoms with Gasteiger partial charge in [0.2, 0.25) is 5.91 Å². The quantitative estimate of drug-likeness (QED) is 0.389. The molecule has 1 aromatic carbocycles. The summed E-state index contributed by atoms with van der Waals surface area (Å²) in [6, 6.07) is 8.83. The minimum atomic E-state index is 0. The number of nitrogens with two attached hydrogens (primary N) is 1. The summed E-state index contributed by atoms with van der Waals surface area (Å²) in [6.45, 7) is 6.76. The summed E-state index contributed by atoms with van der Waals surface area (Å²) in [5.74, 6) is 0.406. The second kappa shape index (κ2) is 10.1. The van der Waals surface area contributed by atoms with Crippen LogP contribution in [-0.2, 0) is 17.8 Å². The van der Waals surface area contributed by atoms with Gasteiger partial charge in [0.25, 0.3) is 0 Å². The van der Waals surface area contributed by atoms with Gasteiger partial charge in [-0.2, -0.15) is 0 Å². The van der Waals surface area contributed by atoms with Gasteiger partial charge in [0, 0.05) is 25.7 Å². The number of fused-ring (bicyclic) bond motifs is 1. The van der Waals surface area contributed by atoms with Crippen molar-refractivity contribution in [2.24, 2.45) is 10.7 Å². The first-order chi connectivity index (χ1) is 12.2. The Balaban J connectivity index is 0.00000243. The molecule has 144 valence electrons. The van der Waals surface area contributed by atoms with Crippen molar-refractivity contribution in [3.63, 3.8) is 0 Å². The molecule has 1 aromatic rings. The number of carbonyl (C=O) groups excluding carboxylic acids is 1. The molecule has 1 saturated heterocycles. The van der Waals surface area contributed by atoms with E-state index >= 15 is 0 Å². The first-order valence-corrected chi connectivity index (χ1v) is 9.29. The van der Waals surface area contributed by atoms with Crippen molar-refractivity contribution in [2.45, 2.75) is 38.8 Å². The number of halogens is 1. The molecule has 0 aromatic heterocycles. The minimum Gasteiger partial charge on any atom is -0.370 e. The van der Waals surface area contributed by atoms with Crippen molar-refractivity contribution in [1.82, 2.24) is 15.1 Å². The van der Waals surface area contributed by atoms with Crippen LogP contribution in [0.1, 0.15) is 30.9 Å². The number of likely N-dealkylation sites (tertiary alicyclic amines) is 1. The number of aliphatic imine (C=N–C) groups is 1. The van der Waals surface area contributed by atoms with Gasteiger partial charge in [-0.25, -0.2) is 4.99 Å². The van der Waals surface area contributed by atoms with E-state index in [9.17, 15) is 4.79 Å². The molecule has 2 aliphatic heterocycles. The molecule has 1 fully saturated rings. The zero-order valence-electron chi connectivity index (χ0n) is 15.5. The van der Waals surface area contributed by atoms with Crippen molar-refractivity contribution in [3.8, 4) is 0 Å². The standard InChI is InChI=1S/C19H29N5O.HI/c1-2-23-10-5-8-17(23)12-21-19(20)22-13-18(25)24-11-9-15-6-3-4-7-16(15)14-24;/h3-4,6-7,17H,2,5,8-14H2,1H3,(H3,20,21,22);1H. The zero-order chi connectivity index (χ0) is 17.6. The molecule has 0 saturated carbocycles. The maximum atomic E-state index is 12.4. The van der Waals surface area contributed by atoms with Gasteiger partial charge in [-0.05, 0) is 43.5 Å². The number of hydrogen-bond donors (Lipinski definition) is 2. The Morgan fingerprint density at radius 1 is 1.31 bits per heavy atom. The van der Waals surface area contributed by atoms with E-state index < -0.39 is 0 Å². The van der Waals surface area contributed by atoms with Gasteiger partial charge in [0.15, 0.2) is 5.96 Å². The van der Waals surface area contributed by atoms with E-state index in [1.807, 2.05) is 11.0 Å². The summed E-state index contributed by atoms with van der Waals surface area (Å²) in [5, 5.41) is 3.18. The highest BCUT2D eigenvalue weighted by Gasteiger charge is 2.23. The number of carbonyl (C=O) groups is 1. The Morgan fingerprint density at radius 2 is 2.08 bits per heavy atom. The van der Waals surface area contributed by atoms with Gasteiger partial charge in [-0.15, -0.1) is 24.0 Å². The van der Waals surface area contributed by atoms with Gasteiger partial charge in [0.1, 0.15) is 6.54 Å². The number of amides is 1. The lowest BCUT2D eigenvalue weighted by Crippen LogP contribution is -2.43. The van der Waals surface area contributed by atoms with E-state index in [2.05, 4.69) is 40.3 Å². The molecule has 2 aliphatic rings. The number of likely N-dealkylation sites (N-methyl/N-ethyl adjacent to an activating group) is 1. The van der Waals surface area contributed by atoms with Crippen LogP contribution in [0.25, 0.3) is 0 Å². The van der Waals surface area contributed by atoms with Gasteiger partial charge in [-0.3, -0.25) is 9.69 Å². The summed E-state index contributed by atoms with van der Waals surface area (Å²) >= 11 is 0. The number of rotatable bonds is 5. The summed E-state index contributed by atoms with van der Waals surface area (Å²) in [6.07, 6.45) is 3.35. The number of nitrogens with one attached hydrogen (secondary N) is 1. The van der Waals surface area contributed by atoms with Crippen LogP contribution in [0.5, 0.6) is 0 Å². The van der Waals surface area contributed by atoms with Crippen LogP contribution in [0.2, 0.25) is 0 Å². The lowest BCUT2D eigenvalue weighted by atomic mass is 10.00. The predicted molar refractivity (Wildman–Crippen MR) is 116 cm³/mol. The molecule has 1 atom stereocenters. The highest BCUT2D eigenvalue weighted by molar-refractivity contribution is 14.0. The van der Waals surface area contributed by atoms with E-state index in [1.54, 1.807) is 0 Å². The maximum absolute atomic E-state index is 12.4. The summed E-state index contributed by atoms with van der Waals surface area (Å²) in [5.41, 5.74) is 8.52. The van der Waals surface area contributed by atoms with E-state index in [0.29, 0.717) is 18.5 Å². The van der Waals surface area contributed by atoms with Gasteiger partial charge < -0.3 is 16.0 Å². The number of benzene rings is 1. The van der Waals surface area contributed by atoms with Crippen molar-refractivity contribution in [1.29, 1.82) is 0 Å². The lowest BCUT2D eigenvalue weighted by Gasteiger charge is -2.28. The first-order valence-electron chi connectivity index (χ1n) is 9.29. The SMILES string of the molecule is CCN1CCCC1CNC(N)=NCC(=O)N1CCc2ccccc2C1.I. The molecule has 26 heavy (non-hydrogen) atoms. The summed E-state index contributed by atoms with van der Waals surface area (Å²) < 4.78 is 0. The minimum absolute atomic E-state index is 0. The first kappa shape index (κ1) is 21.0. The summed E-state index contributed by atoms with van der Waals surface area (Å²) in [7, 11) is 0. The molecule has 0 aliphatic carbocycles. The second-order valence-corrected chi connectivity index (χ2v) is 6.84. The zero-order valence-corrected chi connectivity index (χ0v) is 17.8. The average Bonchev–Trinajstić information content (AvgIpc) is 3.11. The molecule has 6 nitrogen and oxygen atoms in total. The van der Waals surface area contributed by atoms with E-state index in [4.69, 9.17) is 5.73 Å². The Morgan fingerprint density at radius 3 is 2.85 bits per heavy atom. The molecule has 0 radical (unpaired) electrons. The second-order valence-electron chi connectivity index (χ2n) is 6.84. The fourth-order valence-electron chi connectivity index (χ4n) is 3.78. The molecule has 0 bridgehead atoms. The number of hydrogen-bond acceptors (Lipinski definition) is 3. The van der Waals surface area contributed by atoms with Crippen LogP contribution in [0, 0.1) is 0 Å². The van der Waals surface area contributed by atoms with Crippen molar-refractivity contribution < 1.29 is 4.79 Å². The number of nitrogens with zero attached hydrogens (tertiary/aromatic N) is 3. The van der Waals surface area contributed by atoms with Crippen molar-refractivity contribution >= 4 is 35.8 Å². The Hall–Kier alpha value is -1.35. The molecule has 3 N–H and O–H groups in total. The Labute approximate surface area is 173 Å². The topological polar surface area (TPSA) is 74.0 Å². The molecular formula is C19H30IN5O. The van der Waals surface area contributed by atoms with Crippen molar-refractivity contribution in [2.75, 3.05) is 32.7 Å². The van der Waals surface area contributed by atoms with Crippen LogP contribution >= 0.6 is 24.0 Å². The molecular weight excluding hydrogens is 441 g/mol. The largest absolute Gasteiger partial charge is 0.370 e. The van der Waals surface area contributed by atoms with Gasteiger partial charge >= 0.3 is 0 Å². The Kier molecular flexibility index (Phi) is 8.15. The monoisotopic (exact) mass is 471 g/mol. The van der Waals surface area contributed by atoms with Crippen LogP contribution in [0.15, 0.2) is 29.3 Å². The van der Waals surface area contributed by atoms with Crippen LogP contribution in [0.3, 0.4) is 0 Å². The van der Waals surface area contributed by atoms with Crippen LogP contribution < -0.4 is 11.1 Å². The van der Waals surface area contributed by atoms with E-state index in [1.165, 1.54) is 24.0 Å². The maximum Gasteiger partial charge on any atom is 0.244 e. The highest BCUT2D eigenvalue weighted by atomic mass is 127. The van der Waals surface area contributed by atoms with Crippen LogP contribution in [0.4, 0.5) is 0 Å². The third-order valence-corrected chi connectivity index (χ3v) is 5.29. The highest BCUT2D eigenvalue weighted by Crippen LogP contribution is 2.18. The Bertz CT molecular complexity index is 636. The molecule has 3 rings (SSSR count). The van der Waals surface area contributed by atoms with E-state index in [-0.39, 0.29) is 36.4 Å². The predicted octanol–water partition coefficient (Wildman–Crippen LogP) is 1.58. The normalized spacial score (nSPS) is 20.4. The molecule has 7 heteroatoms.